The van der Waals surface area contributed by atoms with E-state index in [-0.39, 0.29) is 5.78 Å². The van der Waals surface area contributed by atoms with Gasteiger partial charge in [-0.1, -0.05) is 71.8 Å². The van der Waals surface area contributed by atoms with Crippen LogP contribution in [-0.2, 0) is 16.1 Å². The lowest BCUT2D eigenvalue weighted by atomic mass is 9.80. The van der Waals surface area contributed by atoms with E-state index in [4.69, 9.17) is 21.1 Å². The summed E-state index contributed by atoms with van der Waals surface area (Å²) in [4.78, 5) is 26.3. The Balaban J connectivity index is 1.54. The third-order valence-corrected chi connectivity index (χ3v) is 6.72. The van der Waals surface area contributed by atoms with Crippen molar-refractivity contribution in [3.8, 4) is 5.75 Å². The van der Waals surface area contributed by atoms with Gasteiger partial charge in [-0.25, -0.2) is 4.79 Å². The van der Waals surface area contributed by atoms with Gasteiger partial charge in [-0.2, -0.15) is 0 Å². The highest BCUT2D eigenvalue weighted by atomic mass is 35.5. The fourth-order valence-corrected chi connectivity index (χ4v) is 5.06. The second-order valence-electron chi connectivity index (χ2n) is 8.72. The van der Waals surface area contributed by atoms with Crippen molar-refractivity contribution in [2.24, 2.45) is 0 Å². The van der Waals surface area contributed by atoms with E-state index in [0.717, 1.165) is 22.4 Å². The van der Waals surface area contributed by atoms with Gasteiger partial charge in [0, 0.05) is 28.3 Å². The lowest BCUT2D eigenvalue weighted by molar-refractivity contribution is -0.136. The summed E-state index contributed by atoms with van der Waals surface area (Å²) in [5.74, 6) is -0.701. The summed E-state index contributed by atoms with van der Waals surface area (Å²) in [6.07, 6.45) is 0. The first-order valence-electron chi connectivity index (χ1n) is 11.3. The van der Waals surface area contributed by atoms with Gasteiger partial charge in [0.05, 0.1) is 23.4 Å². The summed E-state index contributed by atoms with van der Waals surface area (Å²) in [7, 11) is 1.34. The molecule has 6 heteroatoms. The number of methoxy groups -OCH3 is 1. The Morgan fingerprint density at radius 1 is 1.00 bits per heavy atom. The van der Waals surface area contributed by atoms with Gasteiger partial charge < -0.3 is 14.8 Å². The summed E-state index contributed by atoms with van der Waals surface area (Å²) >= 11 is 6.64. The Morgan fingerprint density at radius 2 is 1.77 bits per heavy atom. The van der Waals surface area contributed by atoms with Crippen LogP contribution in [0.1, 0.15) is 45.5 Å². The first-order valence-corrected chi connectivity index (χ1v) is 11.7. The second-order valence-corrected chi connectivity index (χ2v) is 9.13. The van der Waals surface area contributed by atoms with Gasteiger partial charge in [-0.3, -0.25) is 4.79 Å². The number of hydrogen-bond donors (Lipinski definition) is 1. The van der Waals surface area contributed by atoms with Crippen LogP contribution in [0.3, 0.4) is 0 Å². The van der Waals surface area contributed by atoms with Crippen LogP contribution in [0.5, 0.6) is 5.75 Å². The largest absolute Gasteiger partial charge is 0.487 e. The number of halogens is 1. The molecular formula is C29H24ClNO4. The standard InChI is InChI=1S/C29H24ClNO4/c1-16-7-6-8-18(13-16)15-35-23-12-11-19(14-22(23)30)25-24(29(33)34-3)17(2)31-27-20-9-4-5-10-21(20)28(32)26(25)27/h4-14,25,31H,15H2,1-3H3/t25-/m0/s1. The maximum atomic E-state index is 13.5. The first kappa shape index (κ1) is 22.9. The quantitative estimate of drug-likeness (QED) is 0.451. The molecule has 0 saturated carbocycles. The molecule has 0 unspecified atom stereocenters. The molecule has 1 heterocycles. The summed E-state index contributed by atoms with van der Waals surface area (Å²) < 4.78 is 11.1. The number of benzene rings is 3. The summed E-state index contributed by atoms with van der Waals surface area (Å²) in [6, 6.07) is 20.9. The molecule has 5 rings (SSSR count). The molecule has 0 saturated heterocycles. The zero-order valence-corrected chi connectivity index (χ0v) is 20.4. The summed E-state index contributed by atoms with van der Waals surface area (Å²) in [5, 5.41) is 3.68. The number of fused-ring (bicyclic) bond motifs is 2. The summed E-state index contributed by atoms with van der Waals surface area (Å²) in [6.45, 7) is 4.23. The van der Waals surface area contributed by atoms with E-state index in [9.17, 15) is 9.59 Å². The maximum Gasteiger partial charge on any atom is 0.336 e. The monoisotopic (exact) mass is 485 g/mol. The van der Waals surface area contributed by atoms with Gasteiger partial charge in [-0.15, -0.1) is 0 Å². The number of carbonyl (C=O) groups is 2. The highest BCUT2D eigenvalue weighted by molar-refractivity contribution is 6.32. The fourth-order valence-electron chi connectivity index (χ4n) is 4.82. The third kappa shape index (κ3) is 4.02. The predicted molar refractivity (Wildman–Crippen MR) is 135 cm³/mol. The number of dihydropyridines is 1. The van der Waals surface area contributed by atoms with E-state index in [1.165, 1.54) is 7.11 Å². The van der Waals surface area contributed by atoms with Crippen LogP contribution < -0.4 is 10.1 Å². The molecule has 1 N–H and O–H groups in total. The predicted octanol–water partition coefficient (Wildman–Crippen LogP) is 5.97. The normalized spacial score (nSPS) is 16.6. The molecule has 0 spiro atoms. The highest BCUT2D eigenvalue weighted by Gasteiger charge is 2.42. The van der Waals surface area contributed by atoms with Crippen LogP contribution >= 0.6 is 11.6 Å². The first-order chi connectivity index (χ1) is 16.9. The van der Waals surface area contributed by atoms with Gasteiger partial charge in [-0.05, 0) is 37.1 Å². The van der Waals surface area contributed by atoms with Crippen molar-refractivity contribution >= 4 is 29.1 Å². The molecule has 1 atom stereocenters. The number of ketones is 1. The van der Waals surface area contributed by atoms with Crippen molar-refractivity contribution in [3.05, 3.63) is 116 Å². The van der Waals surface area contributed by atoms with Crippen molar-refractivity contribution in [2.75, 3.05) is 7.11 Å². The minimum Gasteiger partial charge on any atom is -0.487 e. The molecule has 2 aliphatic rings. The molecule has 0 radical (unpaired) electrons. The molecule has 3 aromatic carbocycles. The van der Waals surface area contributed by atoms with Crippen molar-refractivity contribution < 1.29 is 19.1 Å². The van der Waals surface area contributed by atoms with Gasteiger partial charge in [0.1, 0.15) is 12.4 Å². The number of aryl methyl sites for hydroxylation is 1. The van der Waals surface area contributed by atoms with Crippen molar-refractivity contribution in [2.45, 2.75) is 26.4 Å². The number of esters is 1. The lowest BCUT2D eigenvalue weighted by Crippen LogP contribution is -2.29. The minimum atomic E-state index is -0.623. The van der Waals surface area contributed by atoms with Crippen LogP contribution in [0.25, 0.3) is 5.70 Å². The van der Waals surface area contributed by atoms with E-state index in [1.54, 1.807) is 18.2 Å². The number of rotatable bonds is 5. The van der Waals surface area contributed by atoms with E-state index in [1.807, 2.05) is 56.3 Å². The Morgan fingerprint density at radius 3 is 2.49 bits per heavy atom. The molecule has 0 bridgehead atoms. The number of nitrogens with one attached hydrogen (secondary N) is 1. The number of hydrogen-bond acceptors (Lipinski definition) is 5. The third-order valence-electron chi connectivity index (χ3n) is 6.42. The van der Waals surface area contributed by atoms with Crippen LogP contribution in [0.2, 0.25) is 5.02 Å². The van der Waals surface area contributed by atoms with Crippen LogP contribution in [-0.4, -0.2) is 18.9 Å². The second kappa shape index (κ2) is 9.08. The van der Waals surface area contributed by atoms with Gasteiger partial charge in [0.15, 0.2) is 5.78 Å². The molecule has 35 heavy (non-hydrogen) atoms. The van der Waals surface area contributed by atoms with E-state index >= 15 is 0 Å². The Labute approximate surface area is 209 Å². The van der Waals surface area contributed by atoms with Gasteiger partial charge in [0.25, 0.3) is 0 Å². The number of carbonyl (C=O) groups excluding carboxylic acids is 2. The van der Waals surface area contributed by atoms with Crippen LogP contribution in [0.15, 0.2) is 83.6 Å². The molecule has 0 amide bonds. The topological polar surface area (TPSA) is 64.6 Å². The van der Waals surface area contributed by atoms with Crippen LogP contribution in [0.4, 0.5) is 0 Å². The van der Waals surface area contributed by atoms with Gasteiger partial charge in [0.2, 0.25) is 0 Å². The summed E-state index contributed by atoms with van der Waals surface area (Å²) in [5.41, 5.74) is 6.61. The zero-order chi connectivity index (χ0) is 24.7. The zero-order valence-electron chi connectivity index (χ0n) is 19.6. The lowest BCUT2D eigenvalue weighted by Gasteiger charge is -2.29. The molecule has 1 aliphatic heterocycles. The molecule has 1 aliphatic carbocycles. The highest BCUT2D eigenvalue weighted by Crippen LogP contribution is 2.47. The maximum absolute atomic E-state index is 13.5. The molecule has 3 aromatic rings. The average Bonchev–Trinajstić information content (AvgIpc) is 3.13. The van der Waals surface area contributed by atoms with Crippen LogP contribution in [0, 0.1) is 6.92 Å². The average molecular weight is 486 g/mol. The number of Topliss-reactive ketones (excluding diaryl/α,β-unsaturated/α-hetero) is 1. The molecular weight excluding hydrogens is 462 g/mol. The smallest absolute Gasteiger partial charge is 0.336 e. The van der Waals surface area contributed by atoms with E-state index < -0.39 is 11.9 Å². The molecule has 176 valence electrons. The van der Waals surface area contributed by atoms with Crippen molar-refractivity contribution in [1.82, 2.24) is 5.32 Å². The van der Waals surface area contributed by atoms with Gasteiger partial charge >= 0.3 is 5.97 Å². The van der Waals surface area contributed by atoms with Crippen molar-refractivity contribution in [1.29, 1.82) is 0 Å². The Bertz CT molecular complexity index is 1440. The van der Waals surface area contributed by atoms with E-state index in [0.29, 0.717) is 45.3 Å². The van der Waals surface area contributed by atoms with E-state index in [2.05, 4.69) is 11.4 Å². The number of ether oxygens (including phenoxy) is 2. The van der Waals surface area contributed by atoms with Crippen molar-refractivity contribution in [3.63, 3.8) is 0 Å². The molecule has 0 fully saturated rings. The minimum absolute atomic E-state index is 0.113. The fraction of sp³-hybridized carbons (Fsp3) is 0.172. The Hall–Kier alpha value is -3.83. The SMILES string of the molecule is COC(=O)C1=C(C)NC2=C(C(=O)c3ccccc32)[C@H]1c1ccc(OCc2cccc(C)c2)c(Cl)c1. The Kier molecular flexibility index (Phi) is 5.95. The molecule has 5 nitrogen and oxygen atoms in total. The molecule has 0 aromatic heterocycles. The number of allylic oxidation sites excluding steroid dienone is 2.